The molecule has 1 atom stereocenters. The molecule has 4 rings (SSSR count). The summed E-state index contributed by atoms with van der Waals surface area (Å²) in [6.45, 7) is 3.74. The van der Waals surface area contributed by atoms with E-state index in [9.17, 15) is 5.11 Å². The highest BCUT2D eigenvalue weighted by atomic mass is 16.3. The molecule has 1 aliphatic rings. The molecule has 27 heavy (non-hydrogen) atoms. The molecule has 2 heterocycles. The third kappa shape index (κ3) is 4.46. The van der Waals surface area contributed by atoms with Gasteiger partial charge < -0.3 is 9.67 Å². The molecule has 1 aromatic heterocycles. The first-order chi connectivity index (χ1) is 13.3. The number of benzene rings is 2. The largest absolute Gasteiger partial charge is 0.388 e. The van der Waals surface area contributed by atoms with E-state index >= 15 is 0 Å². The monoisotopic (exact) mass is 361 g/mol. The molecule has 4 heteroatoms. The Hall–Kier alpha value is -2.43. The van der Waals surface area contributed by atoms with Crippen molar-refractivity contribution in [3.05, 3.63) is 90.0 Å². The van der Waals surface area contributed by atoms with Gasteiger partial charge in [-0.3, -0.25) is 4.90 Å². The van der Waals surface area contributed by atoms with Crippen molar-refractivity contribution in [1.82, 2.24) is 14.5 Å². The minimum Gasteiger partial charge on any atom is -0.388 e. The van der Waals surface area contributed by atoms with Gasteiger partial charge in [0, 0.05) is 18.9 Å². The van der Waals surface area contributed by atoms with Crippen LogP contribution >= 0.6 is 0 Å². The van der Waals surface area contributed by atoms with Crippen LogP contribution in [0.15, 0.2) is 73.1 Å². The zero-order chi connectivity index (χ0) is 18.5. The Labute approximate surface area is 161 Å². The van der Waals surface area contributed by atoms with Crippen molar-refractivity contribution < 1.29 is 5.11 Å². The number of aliphatic hydroxyl groups excluding tert-OH is 1. The summed E-state index contributed by atoms with van der Waals surface area (Å²) >= 11 is 0. The van der Waals surface area contributed by atoms with Crippen molar-refractivity contribution in [3.8, 4) is 0 Å². The fraction of sp³-hybridized carbons (Fsp3) is 0.348. The fourth-order valence-electron chi connectivity index (χ4n) is 3.96. The van der Waals surface area contributed by atoms with Gasteiger partial charge in [0.1, 0.15) is 5.82 Å². The quantitative estimate of drug-likeness (QED) is 0.724. The SMILES string of the molecule is OC(c1ccccc1)C1CCN(Cc2nccn2Cc2ccccc2)CC1. The third-order valence-electron chi connectivity index (χ3n) is 5.58. The van der Waals surface area contributed by atoms with Crippen LogP contribution in [0.3, 0.4) is 0 Å². The molecule has 140 valence electrons. The first-order valence-corrected chi connectivity index (χ1v) is 9.79. The maximum absolute atomic E-state index is 10.7. The Morgan fingerprint density at radius 2 is 1.59 bits per heavy atom. The summed E-state index contributed by atoms with van der Waals surface area (Å²) in [6.07, 6.45) is 5.65. The maximum atomic E-state index is 10.7. The summed E-state index contributed by atoms with van der Waals surface area (Å²) in [4.78, 5) is 7.04. The van der Waals surface area contributed by atoms with Crippen molar-refractivity contribution in [1.29, 1.82) is 0 Å². The lowest BCUT2D eigenvalue weighted by Crippen LogP contribution is -2.36. The number of piperidine rings is 1. The van der Waals surface area contributed by atoms with Gasteiger partial charge in [-0.15, -0.1) is 0 Å². The van der Waals surface area contributed by atoms with Crippen molar-refractivity contribution in [3.63, 3.8) is 0 Å². The van der Waals surface area contributed by atoms with Gasteiger partial charge >= 0.3 is 0 Å². The number of hydrogen-bond acceptors (Lipinski definition) is 3. The molecular formula is C23H27N3O. The van der Waals surface area contributed by atoms with E-state index in [0.717, 1.165) is 50.4 Å². The molecule has 1 saturated heterocycles. The molecule has 1 unspecified atom stereocenters. The fourth-order valence-corrected chi connectivity index (χ4v) is 3.96. The molecule has 1 N–H and O–H groups in total. The lowest BCUT2D eigenvalue weighted by molar-refractivity contribution is 0.0558. The zero-order valence-electron chi connectivity index (χ0n) is 15.6. The van der Waals surface area contributed by atoms with Gasteiger partial charge in [0.25, 0.3) is 0 Å². The number of likely N-dealkylation sites (tertiary alicyclic amines) is 1. The van der Waals surface area contributed by atoms with E-state index < -0.39 is 0 Å². The van der Waals surface area contributed by atoms with E-state index in [0.29, 0.717) is 5.92 Å². The predicted octanol–water partition coefficient (Wildman–Crippen LogP) is 3.88. The van der Waals surface area contributed by atoms with Crippen LogP contribution in [-0.2, 0) is 13.1 Å². The van der Waals surface area contributed by atoms with E-state index in [4.69, 9.17) is 0 Å². The normalized spacial score (nSPS) is 17.1. The Bertz CT molecular complexity index is 823. The van der Waals surface area contributed by atoms with E-state index in [-0.39, 0.29) is 6.10 Å². The second kappa shape index (κ2) is 8.51. The summed E-state index contributed by atoms with van der Waals surface area (Å²) in [5.74, 6) is 1.45. The van der Waals surface area contributed by atoms with Crippen LogP contribution in [0.5, 0.6) is 0 Å². The molecule has 0 aliphatic carbocycles. The molecule has 0 bridgehead atoms. The number of aromatic nitrogens is 2. The Morgan fingerprint density at radius 1 is 0.926 bits per heavy atom. The topological polar surface area (TPSA) is 41.3 Å². The molecule has 1 fully saturated rings. The van der Waals surface area contributed by atoms with Crippen LogP contribution in [0.25, 0.3) is 0 Å². The van der Waals surface area contributed by atoms with E-state index in [1.165, 1.54) is 5.56 Å². The molecule has 0 amide bonds. The first-order valence-electron chi connectivity index (χ1n) is 9.79. The molecule has 1 aliphatic heterocycles. The minimum absolute atomic E-state index is 0.340. The zero-order valence-corrected chi connectivity index (χ0v) is 15.6. The van der Waals surface area contributed by atoms with Gasteiger partial charge in [-0.2, -0.15) is 0 Å². The summed E-state index contributed by atoms with van der Waals surface area (Å²) in [6, 6.07) is 20.6. The molecule has 0 saturated carbocycles. The summed E-state index contributed by atoms with van der Waals surface area (Å²) in [5, 5.41) is 10.7. The van der Waals surface area contributed by atoms with Crippen LogP contribution in [-0.4, -0.2) is 32.6 Å². The minimum atomic E-state index is -0.353. The molecule has 2 aromatic carbocycles. The van der Waals surface area contributed by atoms with Gasteiger partial charge in [-0.25, -0.2) is 4.98 Å². The average Bonchev–Trinajstić information content (AvgIpc) is 3.16. The second-order valence-electron chi connectivity index (χ2n) is 7.43. The average molecular weight is 361 g/mol. The predicted molar refractivity (Wildman–Crippen MR) is 107 cm³/mol. The van der Waals surface area contributed by atoms with E-state index in [1.807, 2.05) is 42.6 Å². The number of nitrogens with zero attached hydrogens (tertiary/aromatic N) is 3. The van der Waals surface area contributed by atoms with Crippen molar-refractivity contribution in [2.24, 2.45) is 5.92 Å². The van der Waals surface area contributed by atoms with Crippen molar-refractivity contribution in [2.75, 3.05) is 13.1 Å². The van der Waals surface area contributed by atoms with E-state index in [2.05, 4.69) is 44.9 Å². The molecule has 3 aromatic rings. The number of aliphatic hydroxyl groups is 1. The van der Waals surface area contributed by atoms with Gasteiger partial charge in [0.2, 0.25) is 0 Å². The highest BCUT2D eigenvalue weighted by Gasteiger charge is 2.26. The molecule has 4 nitrogen and oxygen atoms in total. The number of imidazole rings is 1. The van der Waals surface area contributed by atoms with Crippen LogP contribution in [0.2, 0.25) is 0 Å². The highest BCUT2D eigenvalue weighted by molar-refractivity contribution is 5.18. The van der Waals surface area contributed by atoms with Gasteiger partial charge in [-0.05, 0) is 43.0 Å². The number of hydrogen-bond donors (Lipinski definition) is 1. The van der Waals surface area contributed by atoms with Gasteiger partial charge in [0.15, 0.2) is 0 Å². The van der Waals surface area contributed by atoms with Crippen molar-refractivity contribution in [2.45, 2.75) is 32.0 Å². The second-order valence-corrected chi connectivity index (χ2v) is 7.43. The van der Waals surface area contributed by atoms with Crippen LogP contribution in [0.1, 0.15) is 35.9 Å². The smallest absolute Gasteiger partial charge is 0.123 e. The van der Waals surface area contributed by atoms with Crippen LogP contribution in [0.4, 0.5) is 0 Å². The lowest BCUT2D eigenvalue weighted by atomic mass is 9.87. The van der Waals surface area contributed by atoms with E-state index in [1.54, 1.807) is 0 Å². The Kier molecular flexibility index (Phi) is 5.66. The maximum Gasteiger partial charge on any atom is 0.123 e. The van der Waals surface area contributed by atoms with Crippen LogP contribution < -0.4 is 0 Å². The Morgan fingerprint density at radius 3 is 2.30 bits per heavy atom. The van der Waals surface area contributed by atoms with Gasteiger partial charge in [0.05, 0.1) is 12.6 Å². The molecule has 0 radical (unpaired) electrons. The summed E-state index contributed by atoms with van der Waals surface area (Å²) in [7, 11) is 0. The molecular weight excluding hydrogens is 334 g/mol. The first kappa shape index (κ1) is 18.0. The van der Waals surface area contributed by atoms with Gasteiger partial charge in [-0.1, -0.05) is 60.7 Å². The highest BCUT2D eigenvalue weighted by Crippen LogP contribution is 2.30. The summed E-state index contributed by atoms with van der Waals surface area (Å²) < 4.78 is 2.24. The summed E-state index contributed by atoms with van der Waals surface area (Å²) in [5.41, 5.74) is 2.33. The lowest BCUT2D eigenvalue weighted by Gasteiger charge is -2.34. The molecule has 0 spiro atoms. The Balaban J connectivity index is 1.33. The standard InChI is InChI=1S/C23H27N3O/c27-23(20-9-5-2-6-10-20)21-11-14-25(15-12-21)18-22-24-13-16-26(22)17-19-7-3-1-4-8-19/h1-10,13,16,21,23,27H,11-12,14-15,17-18H2. The van der Waals surface area contributed by atoms with Crippen LogP contribution in [0, 0.1) is 5.92 Å². The number of rotatable bonds is 6. The van der Waals surface area contributed by atoms with Crippen molar-refractivity contribution >= 4 is 0 Å². The third-order valence-corrected chi connectivity index (χ3v) is 5.58.